The predicted molar refractivity (Wildman–Crippen MR) is 121 cm³/mol. The molecule has 2 saturated carbocycles. The molecule has 6 nitrogen and oxygen atoms in total. The number of hydrogen-bond acceptors (Lipinski definition) is 4. The molecule has 0 aliphatic heterocycles. The Balaban J connectivity index is 1.64. The molecular weight excluding hydrogens is 412 g/mol. The molecule has 2 aliphatic rings. The summed E-state index contributed by atoms with van der Waals surface area (Å²) in [5.74, 6) is 2.07. The molecule has 3 aromatic rings. The van der Waals surface area contributed by atoms with Crippen LogP contribution in [0.2, 0.25) is 0 Å². The van der Waals surface area contributed by atoms with Crippen LogP contribution < -0.4 is 10.3 Å². The number of rotatable bonds is 4. The first-order valence-corrected chi connectivity index (χ1v) is 12.9. The van der Waals surface area contributed by atoms with E-state index in [1.54, 1.807) is 37.6 Å². The lowest BCUT2D eigenvalue weighted by molar-refractivity contribution is 0.0406. The highest BCUT2D eigenvalue weighted by atomic mass is 32.2. The third-order valence-electron chi connectivity index (χ3n) is 7.05. The Hall–Kier alpha value is -2.54. The Morgan fingerprint density at radius 1 is 1.10 bits per heavy atom. The van der Waals surface area contributed by atoms with Crippen molar-refractivity contribution in [1.82, 2.24) is 9.55 Å². The van der Waals surface area contributed by atoms with Crippen LogP contribution in [0.4, 0.5) is 0 Å². The van der Waals surface area contributed by atoms with Gasteiger partial charge in [-0.05, 0) is 61.8 Å². The van der Waals surface area contributed by atoms with Gasteiger partial charge < -0.3 is 14.3 Å². The number of aryl methyl sites for hydroxylation is 1. The molecule has 3 unspecified atom stereocenters. The van der Waals surface area contributed by atoms with E-state index in [4.69, 9.17) is 4.74 Å². The molecule has 1 aromatic carbocycles. The molecule has 31 heavy (non-hydrogen) atoms. The molecule has 2 aromatic heterocycles. The topological polar surface area (TPSA) is 81.2 Å². The largest absolute Gasteiger partial charge is 0.489 e. The van der Waals surface area contributed by atoms with Gasteiger partial charge >= 0.3 is 0 Å². The van der Waals surface area contributed by atoms with Crippen LogP contribution in [0.5, 0.6) is 5.75 Å². The molecule has 3 atom stereocenters. The maximum Gasteiger partial charge on any atom is 0.274 e. The average Bonchev–Trinajstić information content (AvgIpc) is 3.23. The number of fused-ring (bicyclic) bond motifs is 3. The van der Waals surface area contributed by atoms with E-state index in [9.17, 15) is 13.2 Å². The Labute approximate surface area is 182 Å². The lowest BCUT2D eigenvalue weighted by Gasteiger charge is -2.40. The number of aromatic amines is 1. The highest BCUT2D eigenvalue weighted by Crippen LogP contribution is 2.43. The van der Waals surface area contributed by atoms with Gasteiger partial charge in [-0.2, -0.15) is 0 Å². The summed E-state index contributed by atoms with van der Waals surface area (Å²) in [5, 5.41) is 0.764. The number of nitrogens with zero attached hydrogens (tertiary/aromatic N) is 1. The fourth-order valence-electron chi connectivity index (χ4n) is 5.42. The summed E-state index contributed by atoms with van der Waals surface area (Å²) in [6, 6.07) is 6.94. The van der Waals surface area contributed by atoms with Gasteiger partial charge in [0, 0.05) is 42.2 Å². The van der Waals surface area contributed by atoms with Crippen LogP contribution in [0.3, 0.4) is 0 Å². The zero-order chi connectivity index (χ0) is 21.8. The van der Waals surface area contributed by atoms with Gasteiger partial charge in [0.1, 0.15) is 17.4 Å². The Kier molecular flexibility index (Phi) is 4.96. The third kappa shape index (κ3) is 3.69. The van der Waals surface area contributed by atoms with Crippen molar-refractivity contribution >= 4 is 20.7 Å². The van der Waals surface area contributed by atoms with Crippen molar-refractivity contribution in [3.63, 3.8) is 0 Å². The fourth-order valence-corrected chi connectivity index (χ4v) is 6.07. The van der Waals surface area contributed by atoms with Gasteiger partial charge in [0.15, 0.2) is 9.84 Å². The van der Waals surface area contributed by atoms with E-state index < -0.39 is 9.84 Å². The highest BCUT2D eigenvalue weighted by molar-refractivity contribution is 7.90. The number of pyridine rings is 1. The zero-order valence-corrected chi connectivity index (χ0v) is 18.7. The van der Waals surface area contributed by atoms with E-state index in [0.29, 0.717) is 22.7 Å². The molecule has 5 rings (SSSR count). The summed E-state index contributed by atoms with van der Waals surface area (Å²) >= 11 is 0. The number of H-pyrrole nitrogens is 1. The van der Waals surface area contributed by atoms with E-state index >= 15 is 0 Å². The Morgan fingerprint density at radius 3 is 2.74 bits per heavy atom. The van der Waals surface area contributed by atoms with E-state index in [1.165, 1.54) is 42.9 Å². The van der Waals surface area contributed by atoms with E-state index in [2.05, 4.69) is 4.98 Å². The first kappa shape index (κ1) is 20.4. The second-order valence-corrected chi connectivity index (χ2v) is 11.2. The Bertz CT molecular complexity index is 1300. The number of hydrogen-bond donors (Lipinski definition) is 1. The molecule has 0 saturated heterocycles. The van der Waals surface area contributed by atoms with Crippen molar-refractivity contribution in [3.8, 4) is 16.9 Å². The number of sulfone groups is 1. The number of ether oxygens (including phenoxy) is 1. The summed E-state index contributed by atoms with van der Waals surface area (Å²) in [6.45, 7) is 0. The van der Waals surface area contributed by atoms with Crippen molar-refractivity contribution < 1.29 is 13.2 Å². The molecule has 0 radical (unpaired) electrons. The van der Waals surface area contributed by atoms with Gasteiger partial charge in [0.25, 0.3) is 5.56 Å². The van der Waals surface area contributed by atoms with Crippen LogP contribution in [-0.4, -0.2) is 30.3 Å². The molecule has 1 N–H and O–H groups in total. The predicted octanol–water partition coefficient (Wildman–Crippen LogP) is 4.28. The van der Waals surface area contributed by atoms with Crippen molar-refractivity contribution in [2.75, 3.05) is 6.26 Å². The van der Waals surface area contributed by atoms with Crippen molar-refractivity contribution in [2.24, 2.45) is 18.9 Å². The van der Waals surface area contributed by atoms with Crippen LogP contribution in [0.1, 0.15) is 38.5 Å². The summed E-state index contributed by atoms with van der Waals surface area (Å²) in [4.78, 5) is 15.8. The number of benzene rings is 1. The molecule has 7 heteroatoms. The maximum atomic E-state index is 12.5. The van der Waals surface area contributed by atoms with Gasteiger partial charge in [0.2, 0.25) is 0 Å². The smallest absolute Gasteiger partial charge is 0.274 e. The number of aromatic nitrogens is 2. The van der Waals surface area contributed by atoms with Gasteiger partial charge in [-0.25, -0.2) is 8.42 Å². The van der Waals surface area contributed by atoms with Crippen LogP contribution in [0.15, 0.2) is 46.3 Å². The second kappa shape index (κ2) is 7.55. The number of nitrogens with one attached hydrogen (secondary N) is 1. The first-order chi connectivity index (χ1) is 14.8. The molecule has 2 heterocycles. The molecular formula is C24H28N2O4S. The van der Waals surface area contributed by atoms with Gasteiger partial charge in [-0.1, -0.05) is 12.8 Å². The summed E-state index contributed by atoms with van der Waals surface area (Å²) in [7, 11) is -1.68. The van der Waals surface area contributed by atoms with Gasteiger partial charge in [0.05, 0.1) is 4.90 Å². The minimum absolute atomic E-state index is 0.119. The summed E-state index contributed by atoms with van der Waals surface area (Å²) < 4.78 is 32.7. The van der Waals surface area contributed by atoms with Crippen LogP contribution in [0, 0.1) is 11.8 Å². The lowest BCUT2D eigenvalue weighted by atomic mass is 9.71. The fraction of sp³-hybridized carbons (Fsp3) is 0.458. The van der Waals surface area contributed by atoms with E-state index in [1.807, 2.05) is 6.07 Å². The first-order valence-electron chi connectivity index (χ1n) is 11.0. The van der Waals surface area contributed by atoms with Crippen LogP contribution >= 0.6 is 0 Å². The average molecular weight is 441 g/mol. The minimum Gasteiger partial charge on any atom is -0.489 e. The maximum absolute atomic E-state index is 12.5. The van der Waals surface area contributed by atoms with Crippen molar-refractivity contribution in [1.29, 1.82) is 0 Å². The van der Waals surface area contributed by atoms with Crippen LogP contribution in [0.25, 0.3) is 22.0 Å². The zero-order valence-electron chi connectivity index (χ0n) is 17.9. The van der Waals surface area contributed by atoms with E-state index in [-0.39, 0.29) is 16.6 Å². The van der Waals surface area contributed by atoms with Gasteiger partial charge in [-0.15, -0.1) is 0 Å². The lowest BCUT2D eigenvalue weighted by Crippen LogP contribution is -2.36. The highest BCUT2D eigenvalue weighted by Gasteiger charge is 2.35. The minimum atomic E-state index is -3.39. The molecule has 0 spiro atoms. The summed E-state index contributed by atoms with van der Waals surface area (Å²) in [5.41, 5.74) is 1.88. The third-order valence-corrected chi connectivity index (χ3v) is 8.16. The Morgan fingerprint density at radius 2 is 1.94 bits per heavy atom. The summed E-state index contributed by atoms with van der Waals surface area (Å²) in [6.07, 6.45) is 12.1. The van der Waals surface area contributed by atoms with Gasteiger partial charge in [-0.3, -0.25) is 4.79 Å². The second-order valence-electron chi connectivity index (χ2n) is 9.18. The normalized spacial score (nSPS) is 23.7. The van der Waals surface area contributed by atoms with Crippen LogP contribution in [-0.2, 0) is 16.9 Å². The molecule has 164 valence electrons. The standard InChI is InChI=1S/C24H28N2O4S/c1-26-14-20(18-10-11-25-23(18)24(26)27)19-13-17(31(2,28)29)7-9-22(19)30-21-8-6-15-4-3-5-16(21)12-15/h7,9-11,13-16,21,25H,3-6,8,12H2,1-2H3. The molecule has 0 amide bonds. The molecule has 2 bridgehead atoms. The SMILES string of the molecule is Cn1cc(-c2cc(S(C)(=O)=O)ccc2OC2CCC3CCCC2C3)c2cc[nH]c2c1=O. The molecule has 2 aliphatic carbocycles. The quantitative estimate of drug-likeness (QED) is 0.656. The monoisotopic (exact) mass is 440 g/mol. The van der Waals surface area contributed by atoms with E-state index in [0.717, 1.165) is 23.3 Å². The van der Waals surface area contributed by atoms with Crippen molar-refractivity contribution in [3.05, 3.63) is 47.0 Å². The molecule has 2 fully saturated rings. The van der Waals surface area contributed by atoms with Crippen molar-refractivity contribution in [2.45, 2.75) is 49.5 Å².